The lowest BCUT2D eigenvalue weighted by Crippen LogP contribution is -2.34. The Hall–Kier alpha value is -1.01. The van der Waals surface area contributed by atoms with Gasteiger partial charge in [0, 0.05) is 6.04 Å². The summed E-state index contributed by atoms with van der Waals surface area (Å²) in [5, 5.41) is 0. The van der Waals surface area contributed by atoms with Crippen LogP contribution < -0.4 is 9.46 Å². The van der Waals surface area contributed by atoms with Gasteiger partial charge in [-0.05, 0) is 51.8 Å². The van der Waals surface area contributed by atoms with Crippen molar-refractivity contribution in [2.45, 2.75) is 51.8 Å². The third kappa shape index (κ3) is 5.71. The van der Waals surface area contributed by atoms with E-state index in [-0.39, 0.29) is 10.8 Å². The quantitative estimate of drug-likeness (QED) is 0.867. The average Bonchev–Trinajstić information content (AvgIpc) is 2.36. The van der Waals surface area contributed by atoms with Gasteiger partial charge in [-0.2, -0.15) is 0 Å². The maximum Gasteiger partial charge on any atom is 0.272 e. The second kappa shape index (κ2) is 7.31. The highest BCUT2D eigenvalue weighted by atomic mass is 32.2. The van der Waals surface area contributed by atoms with E-state index in [0.29, 0.717) is 5.75 Å². The zero-order chi connectivity index (χ0) is 16.2. The monoisotopic (exact) mass is 319 g/mol. The molecule has 0 saturated carbocycles. The smallest absolute Gasteiger partial charge is 0.272 e. The molecule has 1 rings (SSSR count). The predicted molar refractivity (Wildman–Crippen MR) is 82.1 cm³/mol. The van der Waals surface area contributed by atoms with Crippen LogP contribution in [0.3, 0.4) is 0 Å². The molecule has 1 unspecified atom stereocenters. The van der Waals surface area contributed by atoms with Crippen LogP contribution in [0.1, 0.15) is 44.9 Å². The molecule has 0 saturated heterocycles. The maximum atomic E-state index is 12.2. The van der Waals surface area contributed by atoms with E-state index in [1.165, 1.54) is 0 Å². The van der Waals surface area contributed by atoms with Gasteiger partial charge in [0.25, 0.3) is 6.43 Å². The Balaban J connectivity index is 2.83. The molecule has 3 nitrogen and oxygen atoms in total. The third-order valence-electron chi connectivity index (χ3n) is 2.92. The number of aryl methyl sites for hydroxylation is 1. The lowest BCUT2D eigenvalue weighted by atomic mass is 10.1. The van der Waals surface area contributed by atoms with Crippen molar-refractivity contribution in [3.8, 4) is 5.75 Å². The summed E-state index contributed by atoms with van der Waals surface area (Å²) < 4.78 is 44.3. The first-order chi connectivity index (χ1) is 9.61. The predicted octanol–water partition coefficient (Wildman–Crippen LogP) is 3.75. The SMILES string of the molecule is Cc1ccc(C(C)N[S@](=O)C(C)(C)C)cc1OCC(F)F. The Labute approximate surface area is 127 Å². The van der Waals surface area contributed by atoms with Crippen molar-refractivity contribution >= 4 is 11.0 Å². The Morgan fingerprint density at radius 3 is 2.48 bits per heavy atom. The van der Waals surface area contributed by atoms with Crippen molar-refractivity contribution in [3.63, 3.8) is 0 Å². The van der Waals surface area contributed by atoms with Gasteiger partial charge in [0.15, 0.2) is 0 Å². The van der Waals surface area contributed by atoms with Crippen LogP contribution in [-0.2, 0) is 11.0 Å². The number of hydrogen-bond donors (Lipinski definition) is 1. The summed E-state index contributed by atoms with van der Waals surface area (Å²) in [6.07, 6.45) is -2.50. The highest BCUT2D eigenvalue weighted by Crippen LogP contribution is 2.25. The van der Waals surface area contributed by atoms with Crippen LogP contribution in [0, 0.1) is 6.92 Å². The highest BCUT2D eigenvalue weighted by Gasteiger charge is 2.22. The fourth-order valence-corrected chi connectivity index (χ4v) is 2.41. The summed E-state index contributed by atoms with van der Waals surface area (Å²) in [5.41, 5.74) is 1.64. The fourth-order valence-electron chi connectivity index (χ4n) is 1.60. The number of hydrogen-bond acceptors (Lipinski definition) is 2. The van der Waals surface area contributed by atoms with Crippen LogP contribution in [0.4, 0.5) is 8.78 Å². The topological polar surface area (TPSA) is 38.3 Å². The number of nitrogens with one attached hydrogen (secondary N) is 1. The Morgan fingerprint density at radius 2 is 1.95 bits per heavy atom. The molecule has 0 aliphatic heterocycles. The summed E-state index contributed by atoms with van der Waals surface area (Å²) in [7, 11) is -1.20. The van der Waals surface area contributed by atoms with Crippen LogP contribution in [0.25, 0.3) is 0 Å². The Morgan fingerprint density at radius 1 is 1.33 bits per heavy atom. The van der Waals surface area contributed by atoms with Crippen LogP contribution in [0.2, 0.25) is 0 Å². The van der Waals surface area contributed by atoms with E-state index in [0.717, 1.165) is 11.1 Å². The minimum absolute atomic E-state index is 0.167. The minimum atomic E-state index is -2.50. The van der Waals surface area contributed by atoms with Crippen LogP contribution >= 0.6 is 0 Å². The van der Waals surface area contributed by atoms with E-state index in [1.807, 2.05) is 39.8 Å². The molecule has 0 bridgehead atoms. The summed E-state index contributed by atoms with van der Waals surface area (Å²) in [5.74, 6) is 0.433. The van der Waals surface area contributed by atoms with Gasteiger partial charge in [-0.3, -0.25) is 0 Å². The zero-order valence-electron chi connectivity index (χ0n) is 13.1. The molecule has 0 fully saturated rings. The zero-order valence-corrected chi connectivity index (χ0v) is 13.9. The second-order valence-corrected chi connectivity index (χ2v) is 7.95. The molecule has 0 amide bonds. The van der Waals surface area contributed by atoms with E-state index >= 15 is 0 Å². The molecule has 6 heteroatoms. The van der Waals surface area contributed by atoms with Crippen molar-refractivity contribution in [1.29, 1.82) is 0 Å². The lowest BCUT2D eigenvalue weighted by molar-refractivity contribution is 0.0815. The molecule has 0 aromatic heterocycles. The van der Waals surface area contributed by atoms with Gasteiger partial charge in [0.1, 0.15) is 12.4 Å². The van der Waals surface area contributed by atoms with Gasteiger partial charge in [-0.1, -0.05) is 12.1 Å². The molecule has 0 aliphatic carbocycles. The van der Waals surface area contributed by atoms with Gasteiger partial charge in [0.2, 0.25) is 0 Å². The Kier molecular flexibility index (Phi) is 6.28. The molecule has 120 valence electrons. The normalized spacial score (nSPS) is 15.0. The second-order valence-electron chi connectivity index (χ2n) is 5.95. The molecule has 0 radical (unpaired) electrons. The first-order valence-electron chi connectivity index (χ1n) is 6.81. The molecule has 1 aromatic carbocycles. The van der Waals surface area contributed by atoms with Gasteiger partial charge in [0.05, 0.1) is 15.7 Å². The van der Waals surface area contributed by atoms with Crippen LogP contribution in [0.5, 0.6) is 5.75 Å². The van der Waals surface area contributed by atoms with Crippen LogP contribution in [0.15, 0.2) is 18.2 Å². The van der Waals surface area contributed by atoms with Crippen molar-refractivity contribution in [2.75, 3.05) is 6.61 Å². The van der Waals surface area contributed by atoms with E-state index in [4.69, 9.17) is 4.74 Å². The van der Waals surface area contributed by atoms with E-state index in [1.54, 1.807) is 13.0 Å². The molecule has 0 heterocycles. The molecular weight excluding hydrogens is 296 g/mol. The fraction of sp³-hybridized carbons (Fsp3) is 0.600. The standard InChI is InChI=1S/C15H23F2NO2S/c1-10-6-7-12(8-13(10)20-9-14(16)17)11(2)18-21(19)15(3,4)5/h6-8,11,14,18H,9H2,1-5H3/t11?,21-/m1/s1. The third-order valence-corrected chi connectivity index (χ3v) is 4.60. The number of halogens is 2. The van der Waals surface area contributed by atoms with Crippen molar-refractivity contribution < 1.29 is 17.7 Å². The number of rotatable bonds is 6. The highest BCUT2D eigenvalue weighted by molar-refractivity contribution is 7.84. The summed E-state index contributed by atoms with van der Waals surface area (Å²) in [6, 6.07) is 5.24. The van der Waals surface area contributed by atoms with E-state index in [2.05, 4.69) is 4.72 Å². The maximum absolute atomic E-state index is 12.2. The summed E-state index contributed by atoms with van der Waals surface area (Å²) >= 11 is 0. The molecule has 0 aliphatic rings. The minimum Gasteiger partial charge on any atom is -0.487 e. The molecular formula is C15H23F2NO2S. The molecule has 1 aromatic rings. The summed E-state index contributed by atoms with van der Waals surface area (Å²) in [6.45, 7) is 8.71. The van der Waals surface area contributed by atoms with Gasteiger partial charge >= 0.3 is 0 Å². The van der Waals surface area contributed by atoms with E-state index in [9.17, 15) is 13.0 Å². The number of alkyl halides is 2. The van der Waals surface area contributed by atoms with Gasteiger partial charge in [-0.25, -0.2) is 17.7 Å². The Bertz CT molecular complexity index is 501. The molecule has 1 N–H and O–H groups in total. The number of benzene rings is 1. The summed E-state index contributed by atoms with van der Waals surface area (Å²) in [4.78, 5) is 0. The first kappa shape index (κ1) is 18.0. The largest absolute Gasteiger partial charge is 0.487 e. The van der Waals surface area contributed by atoms with Gasteiger partial charge < -0.3 is 4.74 Å². The van der Waals surface area contributed by atoms with Gasteiger partial charge in [-0.15, -0.1) is 0 Å². The number of ether oxygens (including phenoxy) is 1. The van der Waals surface area contributed by atoms with Crippen molar-refractivity contribution in [3.05, 3.63) is 29.3 Å². The van der Waals surface area contributed by atoms with Crippen molar-refractivity contribution in [2.24, 2.45) is 0 Å². The molecule has 2 atom stereocenters. The first-order valence-corrected chi connectivity index (χ1v) is 7.95. The molecule has 0 spiro atoms. The lowest BCUT2D eigenvalue weighted by Gasteiger charge is -2.22. The molecule has 21 heavy (non-hydrogen) atoms. The average molecular weight is 319 g/mol. The van der Waals surface area contributed by atoms with Crippen molar-refractivity contribution in [1.82, 2.24) is 4.72 Å². The van der Waals surface area contributed by atoms with E-state index < -0.39 is 24.0 Å². The van der Waals surface area contributed by atoms with Crippen LogP contribution in [-0.4, -0.2) is 22.0 Å².